The SMILES string of the molecule is COc1c(C#N)cc2ccccc2c1CNC(=O)C(C)(c1ccc(F)cc1)N1CCC(N)C1. The van der Waals surface area contributed by atoms with Crippen LogP contribution in [-0.2, 0) is 16.9 Å². The highest BCUT2D eigenvalue weighted by Crippen LogP contribution is 2.34. The lowest BCUT2D eigenvalue weighted by molar-refractivity contribution is -0.133. The molecule has 4 rings (SSSR count). The van der Waals surface area contributed by atoms with Gasteiger partial charge in [-0.15, -0.1) is 0 Å². The van der Waals surface area contributed by atoms with Crippen LogP contribution >= 0.6 is 0 Å². The Balaban J connectivity index is 1.71. The summed E-state index contributed by atoms with van der Waals surface area (Å²) in [6.07, 6.45) is 0.784. The van der Waals surface area contributed by atoms with E-state index in [1.54, 1.807) is 18.2 Å². The number of carbonyl (C=O) groups excluding carboxylic acids is 1. The molecule has 0 spiro atoms. The van der Waals surface area contributed by atoms with Crippen molar-refractivity contribution in [1.29, 1.82) is 5.26 Å². The first kappa shape index (κ1) is 22.7. The molecule has 0 bridgehead atoms. The highest BCUT2D eigenvalue weighted by Gasteiger charge is 2.43. The summed E-state index contributed by atoms with van der Waals surface area (Å²) in [6.45, 7) is 3.25. The third-order valence-electron chi connectivity index (χ3n) is 6.56. The second-order valence-electron chi connectivity index (χ2n) is 8.53. The minimum absolute atomic E-state index is 0.0195. The van der Waals surface area contributed by atoms with Crippen molar-refractivity contribution in [3.8, 4) is 11.8 Å². The van der Waals surface area contributed by atoms with Gasteiger partial charge >= 0.3 is 0 Å². The van der Waals surface area contributed by atoms with Crippen molar-refractivity contribution < 1.29 is 13.9 Å². The van der Waals surface area contributed by atoms with E-state index < -0.39 is 5.54 Å². The minimum Gasteiger partial charge on any atom is -0.495 e. The fourth-order valence-corrected chi connectivity index (χ4v) is 4.66. The van der Waals surface area contributed by atoms with Crippen LogP contribution in [0.1, 0.15) is 30.0 Å². The number of benzene rings is 3. The number of fused-ring (bicyclic) bond motifs is 1. The van der Waals surface area contributed by atoms with Gasteiger partial charge in [0.05, 0.1) is 12.7 Å². The average molecular weight is 447 g/mol. The second kappa shape index (κ2) is 9.18. The zero-order valence-corrected chi connectivity index (χ0v) is 18.8. The van der Waals surface area contributed by atoms with Gasteiger partial charge < -0.3 is 15.8 Å². The molecule has 2 unspecified atom stereocenters. The molecule has 0 aliphatic carbocycles. The molecule has 1 aliphatic rings. The van der Waals surface area contributed by atoms with Crippen LogP contribution in [0.2, 0.25) is 0 Å². The molecule has 33 heavy (non-hydrogen) atoms. The van der Waals surface area contributed by atoms with E-state index >= 15 is 0 Å². The molecule has 1 heterocycles. The van der Waals surface area contributed by atoms with E-state index in [0.29, 0.717) is 30.0 Å². The summed E-state index contributed by atoms with van der Waals surface area (Å²) in [5, 5.41) is 14.5. The second-order valence-corrected chi connectivity index (χ2v) is 8.53. The molecule has 7 heteroatoms. The molecule has 3 aromatic rings. The Bertz CT molecular complexity index is 1220. The summed E-state index contributed by atoms with van der Waals surface area (Å²) in [7, 11) is 1.52. The van der Waals surface area contributed by atoms with Crippen molar-refractivity contribution >= 4 is 16.7 Å². The smallest absolute Gasteiger partial charge is 0.245 e. The average Bonchev–Trinajstić information content (AvgIpc) is 3.28. The molecular weight excluding hydrogens is 419 g/mol. The first-order chi connectivity index (χ1) is 15.9. The molecule has 0 aromatic heterocycles. The summed E-state index contributed by atoms with van der Waals surface area (Å²) >= 11 is 0. The largest absolute Gasteiger partial charge is 0.495 e. The van der Waals surface area contributed by atoms with E-state index in [9.17, 15) is 14.4 Å². The Labute approximate surface area is 192 Å². The maximum atomic E-state index is 13.7. The molecule has 170 valence electrons. The third-order valence-corrected chi connectivity index (χ3v) is 6.56. The molecule has 6 nitrogen and oxygen atoms in total. The van der Waals surface area contributed by atoms with Gasteiger partial charge in [-0.2, -0.15) is 5.26 Å². The van der Waals surface area contributed by atoms with Crippen molar-refractivity contribution in [2.75, 3.05) is 20.2 Å². The maximum Gasteiger partial charge on any atom is 0.245 e. The van der Waals surface area contributed by atoms with Crippen LogP contribution in [0.25, 0.3) is 10.8 Å². The lowest BCUT2D eigenvalue weighted by atomic mass is 9.88. The monoisotopic (exact) mass is 446 g/mol. The molecule has 1 aliphatic heterocycles. The van der Waals surface area contributed by atoms with E-state index in [-0.39, 0.29) is 24.3 Å². The number of nitrogens with zero attached hydrogens (tertiary/aromatic N) is 2. The number of ether oxygens (including phenoxy) is 1. The van der Waals surface area contributed by atoms with Crippen LogP contribution in [-0.4, -0.2) is 37.0 Å². The highest BCUT2D eigenvalue weighted by molar-refractivity contribution is 5.91. The van der Waals surface area contributed by atoms with Crippen molar-refractivity contribution in [3.63, 3.8) is 0 Å². The van der Waals surface area contributed by atoms with Gasteiger partial charge in [0.1, 0.15) is 23.2 Å². The normalized spacial score (nSPS) is 18.0. The van der Waals surface area contributed by atoms with Gasteiger partial charge in [-0.3, -0.25) is 9.69 Å². The molecular formula is C26H27FN4O2. The van der Waals surface area contributed by atoms with E-state index in [0.717, 1.165) is 22.8 Å². The third kappa shape index (κ3) is 4.15. The van der Waals surface area contributed by atoms with Gasteiger partial charge in [-0.1, -0.05) is 36.4 Å². The number of carbonyl (C=O) groups is 1. The minimum atomic E-state index is -1.03. The zero-order valence-electron chi connectivity index (χ0n) is 18.8. The number of likely N-dealkylation sites (tertiary alicyclic amines) is 1. The molecule has 3 aromatic carbocycles. The van der Waals surface area contributed by atoms with Crippen LogP contribution in [0.4, 0.5) is 4.39 Å². The molecule has 1 fully saturated rings. The van der Waals surface area contributed by atoms with Crippen LogP contribution in [0, 0.1) is 17.1 Å². The standard InChI is InChI=1S/C26H27FN4O2/c1-26(31-12-11-21(29)16-31,19-7-9-20(27)10-8-19)25(32)30-15-23-22-6-4-3-5-17(22)13-18(14-28)24(23)33-2/h3-10,13,21H,11-12,15-16,29H2,1-2H3,(H,30,32). The van der Waals surface area contributed by atoms with Gasteiger partial charge in [-0.05, 0) is 47.9 Å². The van der Waals surface area contributed by atoms with E-state index in [1.165, 1.54) is 19.2 Å². The Morgan fingerprint density at radius 3 is 2.67 bits per heavy atom. The lowest BCUT2D eigenvalue weighted by Crippen LogP contribution is -2.54. The number of amides is 1. The topological polar surface area (TPSA) is 91.4 Å². The number of halogens is 1. The summed E-state index contributed by atoms with van der Waals surface area (Å²) in [4.78, 5) is 15.8. The fourth-order valence-electron chi connectivity index (χ4n) is 4.66. The van der Waals surface area contributed by atoms with Crippen molar-refractivity contribution in [2.45, 2.75) is 31.5 Å². The summed E-state index contributed by atoms with van der Waals surface area (Å²) in [6, 6.07) is 17.6. The number of methoxy groups -OCH3 is 1. The van der Waals surface area contributed by atoms with Crippen LogP contribution in [0.5, 0.6) is 5.75 Å². The Morgan fingerprint density at radius 1 is 1.30 bits per heavy atom. The van der Waals surface area contributed by atoms with Crippen molar-refractivity contribution in [2.24, 2.45) is 5.73 Å². The van der Waals surface area contributed by atoms with Gasteiger partial charge in [0.2, 0.25) is 5.91 Å². The number of nitrogens with one attached hydrogen (secondary N) is 1. The van der Waals surface area contributed by atoms with Crippen molar-refractivity contribution in [1.82, 2.24) is 10.2 Å². The Kier molecular flexibility index (Phi) is 6.32. The van der Waals surface area contributed by atoms with Gasteiger partial charge in [0.25, 0.3) is 0 Å². The summed E-state index contributed by atoms with van der Waals surface area (Å²) in [5.41, 5.74) is 6.95. The fraction of sp³-hybridized carbons (Fsp3) is 0.308. The van der Waals surface area contributed by atoms with Crippen LogP contribution in [0.3, 0.4) is 0 Å². The first-order valence-corrected chi connectivity index (χ1v) is 10.9. The molecule has 1 amide bonds. The first-order valence-electron chi connectivity index (χ1n) is 10.9. The molecule has 0 saturated carbocycles. The number of hydrogen-bond donors (Lipinski definition) is 2. The lowest BCUT2D eigenvalue weighted by Gasteiger charge is -2.38. The number of hydrogen-bond acceptors (Lipinski definition) is 5. The molecule has 3 N–H and O–H groups in total. The Hall–Kier alpha value is -3.47. The predicted octanol–water partition coefficient (Wildman–Crippen LogP) is 3.42. The van der Waals surface area contributed by atoms with Gasteiger partial charge in [0.15, 0.2) is 0 Å². The summed E-state index contributed by atoms with van der Waals surface area (Å²) in [5.74, 6) is -0.135. The number of nitrogens with two attached hydrogens (primary N) is 1. The van der Waals surface area contributed by atoms with E-state index in [4.69, 9.17) is 10.5 Å². The van der Waals surface area contributed by atoms with Gasteiger partial charge in [-0.25, -0.2) is 4.39 Å². The number of rotatable bonds is 6. The van der Waals surface area contributed by atoms with Crippen LogP contribution < -0.4 is 15.8 Å². The number of nitriles is 1. The maximum absolute atomic E-state index is 13.7. The predicted molar refractivity (Wildman–Crippen MR) is 125 cm³/mol. The zero-order chi connectivity index (χ0) is 23.6. The molecule has 1 saturated heterocycles. The Morgan fingerprint density at radius 2 is 2.03 bits per heavy atom. The summed E-state index contributed by atoms with van der Waals surface area (Å²) < 4.78 is 19.2. The van der Waals surface area contributed by atoms with Gasteiger partial charge in [0, 0.05) is 31.2 Å². The van der Waals surface area contributed by atoms with Crippen LogP contribution in [0.15, 0.2) is 54.6 Å². The van der Waals surface area contributed by atoms with Crippen molar-refractivity contribution in [3.05, 3.63) is 77.1 Å². The molecule has 0 radical (unpaired) electrons. The quantitative estimate of drug-likeness (QED) is 0.605. The molecule has 2 atom stereocenters. The highest BCUT2D eigenvalue weighted by atomic mass is 19.1. The van der Waals surface area contributed by atoms with E-state index in [1.807, 2.05) is 36.1 Å². The van der Waals surface area contributed by atoms with E-state index in [2.05, 4.69) is 11.4 Å².